The lowest BCUT2D eigenvalue weighted by Gasteiger charge is -2.19. The second kappa shape index (κ2) is 3.18. The van der Waals surface area contributed by atoms with Crippen LogP contribution in [0.3, 0.4) is 0 Å². The van der Waals surface area contributed by atoms with Gasteiger partial charge < -0.3 is 4.43 Å². The molecule has 0 spiro atoms. The van der Waals surface area contributed by atoms with Crippen LogP contribution in [0, 0.1) is 0 Å². The first-order valence-electron chi connectivity index (χ1n) is 3.45. The Kier molecular flexibility index (Phi) is 2.48. The van der Waals surface area contributed by atoms with Crippen molar-refractivity contribution in [3.8, 4) is 0 Å². The molecular weight excluding hydrogens is 128 g/mol. The average molecular weight is 141 g/mol. The topological polar surface area (TPSA) is 9.23 Å². The van der Waals surface area contributed by atoms with Crippen LogP contribution < -0.4 is 0 Å². The highest BCUT2D eigenvalue weighted by atomic mass is 28.3. The number of rotatable bonds is 1. The van der Waals surface area contributed by atoms with Crippen molar-refractivity contribution in [2.75, 3.05) is 6.61 Å². The molecule has 9 heavy (non-hydrogen) atoms. The second-order valence-corrected chi connectivity index (χ2v) is 5.00. The van der Waals surface area contributed by atoms with Crippen LogP contribution in [0.25, 0.3) is 0 Å². The van der Waals surface area contributed by atoms with Gasteiger partial charge in [0.15, 0.2) is 0 Å². The average Bonchev–Trinajstić information content (AvgIpc) is 1.90. The number of hydrogen-bond acceptors (Lipinski definition) is 1. The van der Waals surface area contributed by atoms with Crippen molar-refractivity contribution in [3.05, 3.63) is 11.8 Å². The maximum atomic E-state index is 5.54. The molecule has 1 saturated heterocycles. The van der Waals surface area contributed by atoms with Crippen LogP contribution in [0.2, 0.25) is 6.04 Å². The summed E-state index contributed by atoms with van der Waals surface area (Å²) >= 11 is 0. The van der Waals surface area contributed by atoms with Gasteiger partial charge in [-0.25, -0.2) is 0 Å². The van der Waals surface area contributed by atoms with E-state index < -0.39 is 9.04 Å². The molecular formula is C7H13OSi. The molecule has 0 aromatic rings. The predicted octanol–water partition coefficient (Wildman–Crippen LogP) is 1.90. The lowest BCUT2D eigenvalue weighted by molar-refractivity contribution is 0.292. The van der Waals surface area contributed by atoms with Crippen LogP contribution in [0.4, 0.5) is 0 Å². The van der Waals surface area contributed by atoms with Gasteiger partial charge in [-0.1, -0.05) is 11.6 Å². The van der Waals surface area contributed by atoms with E-state index in [9.17, 15) is 0 Å². The van der Waals surface area contributed by atoms with E-state index in [1.807, 2.05) is 0 Å². The Morgan fingerprint density at radius 1 is 1.56 bits per heavy atom. The van der Waals surface area contributed by atoms with Gasteiger partial charge in [-0.15, -0.1) is 6.58 Å². The standard InChI is InChI=1S/C7H13OSi/c1-7(2)9-6-4-3-5-8-9/h1,3-6H2,2H3. The summed E-state index contributed by atoms with van der Waals surface area (Å²) in [5.74, 6) is 0. The van der Waals surface area contributed by atoms with Gasteiger partial charge in [0.05, 0.1) is 0 Å². The minimum absolute atomic E-state index is 0.560. The Morgan fingerprint density at radius 3 is 2.67 bits per heavy atom. The highest BCUT2D eigenvalue weighted by molar-refractivity contribution is 6.60. The highest BCUT2D eigenvalue weighted by Gasteiger charge is 2.17. The molecule has 0 bridgehead atoms. The van der Waals surface area contributed by atoms with Crippen molar-refractivity contribution in [1.82, 2.24) is 0 Å². The van der Waals surface area contributed by atoms with Crippen molar-refractivity contribution in [2.45, 2.75) is 25.8 Å². The molecule has 0 atom stereocenters. The molecule has 2 heteroatoms. The van der Waals surface area contributed by atoms with Crippen LogP contribution in [0.15, 0.2) is 11.8 Å². The Morgan fingerprint density at radius 2 is 2.33 bits per heavy atom. The maximum absolute atomic E-state index is 5.54. The van der Waals surface area contributed by atoms with Crippen LogP contribution in [-0.4, -0.2) is 15.6 Å². The number of allylic oxidation sites excluding steroid dienone is 1. The Labute approximate surface area is 58.4 Å². The summed E-state index contributed by atoms with van der Waals surface area (Å²) in [5, 5.41) is 1.28. The zero-order chi connectivity index (χ0) is 6.69. The Hall–Kier alpha value is -0.0831. The SMILES string of the molecule is C=C(C)[Si]1CCCCO1. The first-order valence-corrected chi connectivity index (χ1v) is 5.07. The fourth-order valence-corrected chi connectivity index (χ4v) is 2.77. The molecule has 1 fully saturated rings. The molecule has 0 saturated carbocycles. The second-order valence-electron chi connectivity index (χ2n) is 2.51. The van der Waals surface area contributed by atoms with Gasteiger partial charge in [0.2, 0.25) is 9.04 Å². The van der Waals surface area contributed by atoms with Gasteiger partial charge in [-0.3, -0.25) is 0 Å². The van der Waals surface area contributed by atoms with Crippen molar-refractivity contribution in [2.24, 2.45) is 0 Å². The third-order valence-corrected chi connectivity index (χ3v) is 3.86. The minimum atomic E-state index is -0.560. The summed E-state index contributed by atoms with van der Waals surface area (Å²) in [6.07, 6.45) is 2.60. The van der Waals surface area contributed by atoms with Gasteiger partial charge >= 0.3 is 0 Å². The molecule has 1 aliphatic heterocycles. The van der Waals surface area contributed by atoms with Crippen molar-refractivity contribution in [3.63, 3.8) is 0 Å². The molecule has 0 aliphatic carbocycles. The first-order chi connectivity index (χ1) is 4.30. The van der Waals surface area contributed by atoms with Crippen molar-refractivity contribution < 1.29 is 4.43 Å². The van der Waals surface area contributed by atoms with E-state index in [1.165, 1.54) is 24.1 Å². The molecule has 51 valence electrons. The lowest BCUT2D eigenvalue weighted by atomic mass is 10.4. The summed E-state index contributed by atoms with van der Waals surface area (Å²) in [6, 6.07) is 1.28. The Bertz CT molecular complexity index is 105. The molecule has 1 heterocycles. The zero-order valence-corrected chi connectivity index (χ0v) is 6.94. The molecule has 1 nitrogen and oxygen atoms in total. The van der Waals surface area contributed by atoms with Gasteiger partial charge in [0, 0.05) is 6.61 Å². The maximum Gasteiger partial charge on any atom is 0.241 e. The highest BCUT2D eigenvalue weighted by Crippen LogP contribution is 2.14. The van der Waals surface area contributed by atoms with E-state index in [-0.39, 0.29) is 0 Å². The smallest absolute Gasteiger partial charge is 0.241 e. The molecule has 0 unspecified atom stereocenters. The fourth-order valence-electron chi connectivity index (χ4n) is 0.992. The summed E-state index contributed by atoms with van der Waals surface area (Å²) < 4.78 is 5.54. The molecule has 1 radical (unpaired) electrons. The van der Waals surface area contributed by atoms with E-state index in [1.54, 1.807) is 0 Å². The normalized spacial score (nSPS) is 21.9. The molecule has 0 aromatic carbocycles. The summed E-state index contributed by atoms with van der Waals surface area (Å²) in [5.41, 5.74) is 0. The minimum Gasteiger partial charge on any atom is -0.412 e. The van der Waals surface area contributed by atoms with Crippen molar-refractivity contribution in [1.29, 1.82) is 0 Å². The van der Waals surface area contributed by atoms with E-state index in [0.29, 0.717) is 0 Å². The lowest BCUT2D eigenvalue weighted by Crippen LogP contribution is -2.24. The molecule has 1 rings (SSSR count). The summed E-state index contributed by atoms with van der Waals surface area (Å²) in [7, 11) is -0.560. The van der Waals surface area contributed by atoms with E-state index >= 15 is 0 Å². The molecule has 0 amide bonds. The Balaban J connectivity index is 2.31. The van der Waals surface area contributed by atoms with E-state index in [4.69, 9.17) is 4.43 Å². The van der Waals surface area contributed by atoms with Crippen molar-refractivity contribution >= 4 is 9.04 Å². The van der Waals surface area contributed by atoms with Crippen LogP contribution in [0.1, 0.15) is 19.8 Å². The third-order valence-electron chi connectivity index (χ3n) is 1.55. The van der Waals surface area contributed by atoms with Crippen LogP contribution >= 0.6 is 0 Å². The summed E-state index contributed by atoms with van der Waals surface area (Å²) in [6.45, 7) is 6.96. The monoisotopic (exact) mass is 141 g/mol. The molecule has 0 aromatic heterocycles. The largest absolute Gasteiger partial charge is 0.412 e. The molecule has 0 N–H and O–H groups in total. The van der Waals surface area contributed by atoms with Gasteiger partial charge in [0.1, 0.15) is 0 Å². The van der Waals surface area contributed by atoms with Crippen LogP contribution in [-0.2, 0) is 4.43 Å². The quantitative estimate of drug-likeness (QED) is 0.507. The number of hydrogen-bond donors (Lipinski definition) is 0. The van der Waals surface area contributed by atoms with Crippen LogP contribution in [0.5, 0.6) is 0 Å². The predicted molar refractivity (Wildman–Crippen MR) is 40.6 cm³/mol. The summed E-state index contributed by atoms with van der Waals surface area (Å²) in [4.78, 5) is 0. The zero-order valence-electron chi connectivity index (χ0n) is 5.94. The van der Waals surface area contributed by atoms with E-state index in [2.05, 4.69) is 13.5 Å². The van der Waals surface area contributed by atoms with Gasteiger partial charge in [0.25, 0.3) is 0 Å². The fraction of sp³-hybridized carbons (Fsp3) is 0.714. The first kappa shape index (κ1) is 7.03. The molecule has 1 aliphatic rings. The van der Waals surface area contributed by atoms with E-state index in [0.717, 1.165) is 6.61 Å². The van der Waals surface area contributed by atoms with Gasteiger partial charge in [-0.05, 0) is 19.4 Å². The van der Waals surface area contributed by atoms with Gasteiger partial charge in [-0.2, -0.15) is 0 Å². The third kappa shape index (κ3) is 1.95.